The van der Waals surface area contributed by atoms with Crippen LogP contribution in [0.4, 0.5) is 10.5 Å². The molecule has 30 heavy (non-hydrogen) atoms. The molecule has 0 bridgehead atoms. The third-order valence-corrected chi connectivity index (χ3v) is 4.90. The number of carbonyl (C=O) groups is 3. The topological polar surface area (TPSA) is 80.6 Å². The number of hydrogen-bond acceptors (Lipinski definition) is 4. The van der Waals surface area contributed by atoms with Crippen molar-refractivity contribution in [2.75, 3.05) is 11.5 Å². The molecule has 0 saturated carbocycles. The second-order valence-corrected chi connectivity index (χ2v) is 7.08. The minimum atomic E-state index is -0.552. The Hall–Kier alpha value is -3.58. The van der Waals surface area contributed by atoms with Gasteiger partial charge in [0.1, 0.15) is 12.2 Å². The molecule has 4 rings (SSSR count). The summed E-state index contributed by atoms with van der Waals surface area (Å²) in [6.45, 7) is 2.10. The average molecular weight is 424 g/mol. The second kappa shape index (κ2) is 8.04. The molecular weight excluding hydrogens is 406 g/mol. The van der Waals surface area contributed by atoms with Gasteiger partial charge in [-0.2, -0.15) is 0 Å². The number of carbonyl (C=O) groups excluding carboxylic acids is 3. The first-order valence-electron chi connectivity index (χ1n) is 9.34. The first-order chi connectivity index (χ1) is 14.5. The van der Waals surface area contributed by atoms with Crippen LogP contribution < -0.4 is 10.2 Å². The van der Waals surface area contributed by atoms with Crippen molar-refractivity contribution in [1.29, 1.82) is 0 Å². The maximum Gasteiger partial charge on any atom is 0.333 e. The molecule has 0 aliphatic carbocycles. The van der Waals surface area contributed by atoms with Crippen LogP contribution in [0.2, 0.25) is 5.02 Å². The van der Waals surface area contributed by atoms with E-state index in [9.17, 15) is 14.4 Å². The highest BCUT2D eigenvalue weighted by Crippen LogP contribution is 2.27. The van der Waals surface area contributed by atoms with Crippen LogP contribution >= 0.6 is 11.6 Å². The van der Waals surface area contributed by atoms with Crippen molar-refractivity contribution in [3.8, 4) is 0 Å². The molecule has 3 aromatic rings. The molecule has 3 amide bonds. The van der Waals surface area contributed by atoms with Gasteiger partial charge in [0.25, 0.3) is 5.91 Å². The zero-order valence-electron chi connectivity index (χ0n) is 16.1. The van der Waals surface area contributed by atoms with Gasteiger partial charge in [0.15, 0.2) is 0 Å². The molecule has 1 saturated heterocycles. The Kier molecular flexibility index (Phi) is 5.29. The predicted molar refractivity (Wildman–Crippen MR) is 114 cm³/mol. The molecule has 1 aromatic heterocycles. The number of urea groups is 1. The van der Waals surface area contributed by atoms with Crippen LogP contribution in [0.5, 0.6) is 0 Å². The molecule has 1 aliphatic heterocycles. The van der Waals surface area contributed by atoms with E-state index in [1.807, 2.05) is 24.3 Å². The first-order valence-corrected chi connectivity index (χ1v) is 9.72. The van der Waals surface area contributed by atoms with Gasteiger partial charge < -0.3 is 14.6 Å². The van der Waals surface area contributed by atoms with Crippen LogP contribution in [-0.2, 0) is 20.9 Å². The molecular formula is C22H18ClN3O4. The van der Waals surface area contributed by atoms with Gasteiger partial charge in [-0.25, -0.2) is 9.69 Å². The highest BCUT2D eigenvalue weighted by atomic mass is 35.5. The number of halogens is 1. The zero-order valence-corrected chi connectivity index (χ0v) is 16.8. The van der Waals surface area contributed by atoms with Gasteiger partial charge in [-0.05, 0) is 37.3 Å². The minimum absolute atomic E-state index is 0.0481. The summed E-state index contributed by atoms with van der Waals surface area (Å²) in [5.41, 5.74) is 2.05. The van der Waals surface area contributed by atoms with E-state index in [0.717, 1.165) is 15.8 Å². The molecule has 8 heteroatoms. The number of fused-ring (bicyclic) bond motifs is 1. The minimum Gasteiger partial charge on any atom is -0.465 e. The van der Waals surface area contributed by atoms with Gasteiger partial charge in [0.05, 0.1) is 12.3 Å². The van der Waals surface area contributed by atoms with E-state index < -0.39 is 11.9 Å². The number of benzene rings is 2. The van der Waals surface area contributed by atoms with Crippen molar-refractivity contribution in [3.05, 3.63) is 71.0 Å². The summed E-state index contributed by atoms with van der Waals surface area (Å²) in [5.74, 6) is -0.834. The summed E-state index contributed by atoms with van der Waals surface area (Å²) in [6.07, 6.45) is 3.37. The third kappa shape index (κ3) is 3.67. The standard InChI is InChI=1S/C22H18ClN3O4/c1-2-30-20(27)13-25-12-14(17-8-3-4-9-19(17)25)10-18-21(28)26(22(29)24-18)16-7-5-6-15(23)11-16/h3-12H,2,13H2,1H3,(H,24,29)/b18-10+. The lowest BCUT2D eigenvalue weighted by Crippen LogP contribution is -2.30. The van der Waals surface area contributed by atoms with Gasteiger partial charge >= 0.3 is 12.0 Å². The number of amides is 3. The van der Waals surface area contributed by atoms with Gasteiger partial charge in [-0.3, -0.25) is 9.59 Å². The Morgan fingerprint density at radius 2 is 1.97 bits per heavy atom. The van der Waals surface area contributed by atoms with Crippen molar-refractivity contribution >= 4 is 52.2 Å². The fourth-order valence-electron chi connectivity index (χ4n) is 3.41. The lowest BCUT2D eigenvalue weighted by atomic mass is 10.1. The highest BCUT2D eigenvalue weighted by Gasteiger charge is 2.35. The normalized spacial score (nSPS) is 15.1. The van der Waals surface area contributed by atoms with Crippen LogP contribution in [0.15, 0.2) is 60.4 Å². The fraction of sp³-hybridized carbons (Fsp3) is 0.136. The lowest BCUT2D eigenvalue weighted by molar-refractivity contribution is -0.143. The van der Waals surface area contributed by atoms with E-state index in [-0.39, 0.29) is 18.2 Å². The predicted octanol–water partition coefficient (Wildman–Crippen LogP) is 3.96. The second-order valence-electron chi connectivity index (χ2n) is 6.64. The lowest BCUT2D eigenvalue weighted by Gasteiger charge is -2.11. The van der Waals surface area contributed by atoms with Crippen LogP contribution in [0.1, 0.15) is 12.5 Å². The molecule has 152 valence electrons. The number of rotatable bonds is 5. The Bertz CT molecular complexity index is 1200. The summed E-state index contributed by atoms with van der Waals surface area (Å²) in [7, 11) is 0. The molecule has 0 atom stereocenters. The Morgan fingerprint density at radius 1 is 1.17 bits per heavy atom. The molecule has 0 radical (unpaired) electrons. The Morgan fingerprint density at radius 3 is 2.73 bits per heavy atom. The van der Waals surface area contributed by atoms with Crippen LogP contribution in [0.3, 0.4) is 0 Å². The largest absolute Gasteiger partial charge is 0.465 e. The van der Waals surface area contributed by atoms with Crippen molar-refractivity contribution in [2.24, 2.45) is 0 Å². The monoisotopic (exact) mass is 423 g/mol. The van der Waals surface area contributed by atoms with E-state index in [1.165, 1.54) is 0 Å². The quantitative estimate of drug-likeness (QED) is 0.382. The first kappa shape index (κ1) is 19.7. The van der Waals surface area contributed by atoms with Crippen LogP contribution in [0, 0.1) is 0 Å². The Balaban J connectivity index is 1.70. The number of ether oxygens (including phenoxy) is 1. The van der Waals surface area contributed by atoms with Crippen molar-refractivity contribution in [2.45, 2.75) is 13.5 Å². The third-order valence-electron chi connectivity index (χ3n) is 4.67. The molecule has 1 fully saturated rings. The SMILES string of the molecule is CCOC(=O)Cn1cc(/C=C2/NC(=O)N(c3cccc(Cl)c3)C2=O)c2ccccc21. The van der Waals surface area contributed by atoms with Gasteiger partial charge in [-0.15, -0.1) is 0 Å². The number of hydrogen-bond donors (Lipinski definition) is 1. The molecule has 0 spiro atoms. The van der Waals surface area contributed by atoms with E-state index in [4.69, 9.17) is 16.3 Å². The highest BCUT2D eigenvalue weighted by molar-refractivity contribution is 6.32. The number of imide groups is 1. The molecule has 7 nitrogen and oxygen atoms in total. The van der Waals surface area contributed by atoms with Gasteiger partial charge in [0.2, 0.25) is 0 Å². The zero-order chi connectivity index (χ0) is 21.3. The number of anilines is 1. The van der Waals surface area contributed by atoms with E-state index in [1.54, 1.807) is 48.0 Å². The summed E-state index contributed by atoms with van der Waals surface area (Å²) < 4.78 is 6.80. The molecule has 0 unspecified atom stereocenters. The van der Waals surface area contributed by atoms with Crippen LogP contribution in [0.25, 0.3) is 17.0 Å². The molecule has 2 aromatic carbocycles. The van der Waals surface area contributed by atoms with Gasteiger partial charge in [-0.1, -0.05) is 35.9 Å². The average Bonchev–Trinajstić information content (AvgIpc) is 3.19. The summed E-state index contributed by atoms with van der Waals surface area (Å²) in [5, 5.41) is 3.88. The number of nitrogens with one attached hydrogen (secondary N) is 1. The van der Waals surface area contributed by atoms with Crippen molar-refractivity contribution in [1.82, 2.24) is 9.88 Å². The maximum atomic E-state index is 12.9. The molecule has 2 heterocycles. The number of aromatic nitrogens is 1. The summed E-state index contributed by atoms with van der Waals surface area (Å²) in [6, 6.07) is 13.5. The maximum absolute atomic E-state index is 12.9. The van der Waals surface area contributed by atoms with Crippen LogP contribution in [-0.4, -0.2) is 29.1 Å². The Labute approximate surface area is 177 Å². The molecule has 1 aliphatic rings. The van der Waals surface area contributed by atoms with E-state index in [2.05, 4.69) is 5.32 Å². The number of nitrogens with zero attached hydrogens (tertiary/aromatic N) is 2. The number of para-hydroxylation sites is 1. The van der Waals surface area contributed by atoms with Crippen molar-refractivity contribution in [3.63, 3.8) is 0 Å². The van der Waals surface area contributed by atoms with E-state index in [0.29, 0.717) is 22.9 Å². The molecule has 1 N–H and O–H groups in total. The van der Waals surface area contributed by atoms with Gasteiger partial charge in [0, 0.05) is 27.7 Å². The van der Waals surface area contributed by atoms with E-state index >= 15 is 0 Å². The number of esters is 1. The fourth-order valence-corrected chi connectivity index (χ4v) is 3.59. The summed E-state index contributed by atoms with van der Waals surface area (Å²) in [4.78, 5) is 38.3. The van der Waals surface area contributed by atoms with Crippen molar-refractivity contribution < 1.29 is 19.1 Å². The smallest absolute Gasteiger partial charge is 0.333 e. The summed E-state index contributed by atoms with van der Waals surface area (Å²) >= 11 is 5.99.